The molecule has 1 saturated heterocycles. The second-order valence-corrected chi connectivity index (χ2v) is 7.21. The van der Waals surface area contributed by atoms with Crippen molar-refractivity contribution in [1.82, 2.24) is 5.32 Å². The van der Waals surface area contributed by atoms with E-state index in [9.17, 15) is 18.0 Å². The van der Waals surface area contributed by atoms with Gasteiger partial charge in [-0.25, -0.2) is 0 Å². The summed E-state index contributed by atoms with van der Waals surface area (Å²) in [5.41, 5.74) is 1.07. The molecule has 0 aromatic heterocycles. The summed E-state index contributed by atoms with van der Waals surface area (Å²) in [6.07, 6.45) is 1.15. The van der Waals surface area contributed by atoms with E-state index >= 15 is 0 Å². The SMILES string of the molecule is C=C(C)C(=O)NCC(=O)OC1C2=CC3C(C2)OS(=O)(=O)C13. The third kappa shape index (κ3) is 2.28. The molecular weight excluding hydrogens is 298 g/mol. The number of amides is 1. The van der Waals surface area contributed by atoms with E-state index in [1.165, 1.54) is 6.92 Å². The van der Waals surface area contributed by atoms with E-state index in [1.54, 1.807) is 0 Å². The minimum Gasteiger partial charge on any atom is -0.455 e. The molecule has 4 atom stereocenters. The lowest BCUT2D eigenvalue weighted by atomic mass is 9.93. The predicted molar refractivity (Wildman–Crippen MR) is 71.5 cm³/mol. The van der Waals surface area contributed by atoms with Crippen LogP contribution in [0.4, 0.5) is 0 Å². The van der Waals surface area contributed by atoms with Crippen LogP contribution in [0.1, 0.15) is 13.3 Å². The Balaban J connectivity index is 1.64. The Bertz CT molecular complexity index is 664. The van der Waals surface area contributed by atoms with Crippen LogP contribution in [0.25, 0.3) is 0 Å². The largest absolute Gasteiger partial charge is 0.455 e. The molecule has 114 valence electrons. The smallest absolute Gasteiger partial charge is 0.326 e. The van der Waals surface area contributed by atoms with E-state index in [2.05, 4.69) is 11.9 Å². The molecule has 0 radical (unpaired) electrons. The maximum absolute atomic E-state index is 11.9. The second kappa shape index (κ2) is 4.67. The number of rotatable bonds is 4. The number of esters is 1. The van der Waals surface area contributed by atoms with E-state index in [-0.39, 0.29) is 24.1 Å². The first kappa shape index (κ1) is 14.3. The zero-order valence-electron chi connectivity index (χ0n) is 11.4. The zero-order valence-corrected chi connectivity index (χ0v) is 12.2. The molecule has 3 aliphatic rings. The summed E-state index contributed by atoms with van der Waals surface area (Å²) in [5, 5.41) is 1.51. The van der Waals surface area contributed by atoms with Crippen molar-refractivity contribution < 1.29 is 26.9 Å². The Hall–Kier alpha value is -1.67. The molecule has 1 heterocycles. The summed E-state index contributed by atoms with van der Waals surface area (Å²) in [6.45, 7) is 4.64. The summed E-state index contributed by atoms with van der Waals surface area (Å²) >= 11 is 0. The molecule has 2 bridgehead atoms. The molecule has 7 nitrogen and oxygen atoms in total. The minimum absolute atomic E-state index is 0.229. The van der Waals surface area contributed by atoms with Crippen LogP contribution in [0.5, 0.6) is 0 Å². The van der Waals surface area contributed by atoms with Gasteiger partial charge < -0.3 is 10.1 Å². The van der Waals surface area contributed by atoms with Gasteiger partial charge in [-0.15, -0.1) is 0 Å². The van der Waals surface area contributed by atoms with Gasteiger partial charge in [0.1, 0.15) is 17.9 Å². The fraction of sp³-hybridized carbons (Fsp3) is 0.538. The molecule has 8 heteroatoms. The fourth-order valence-electron chi connectivity index (χ4n) is 3.03. The van der Waals surface area contributed by atoms with Gasteiger partial charge in [0.25, 0.3) is 10.1 Å². The van der Waals surface area contributed by atoms with Crippen molar-refractivity contribution in [2.45, 2.75) is 30.8 Å². The third-order valence-corrected chi connectivity index (χ3v) is 5.69. The summed E-state index contributed by atoms with van der Waals surface area (Å²) < 4.78 is 34.0. The van der Waals surface area contributed by atoms with Crippen molar-refractivity contribution >= 4 is 22.0 Å². The molecule has 1 N–H and O–H groups in total. The van der Waals surface area contributed by atoms with Crippen molar-refractivity contribution in [3.05, 3.63) is 23.8 Å². The van der Waals surface area contributed by atoms with Crippen LogP contribution in [0.3, 0.4) is 0 Å². The van der Waals surface area contributed by atoms with Crippen molar-refractivity contribution in [2.24, 2.45) is 5.92 Å². The Morgan fingerprint density at radius 1 is 1.52 bits per heavy atom. The second-order valence-electron chi connectivity index (χ2n) is 5.49. The topological polar surface area (TPSA) is 98.8 Å². The molecule has 0 saturated carbocycles. The van der Waals surface area contributed by atoms with Crippen molar-refractivity contribution in [2.75, 3.05) is 6.54 Å². The van der Waals surface area contributed by atoms with Crippen LogP contribution >= 0.6 is 0 Å². The van der Waals surface area contributed by atoms with Crippen molar-refractivity contribution in [3.63, 3.8) is 0 Å². The average molecular weight is 313 g/mol. The van der Waals surface area contributed by atoms with Gasteiger partial charge in [-0.2, -0.15) is 8.42 Å². The molecular formula is C13H15NO6S. The highest BCUT2D eigenvalue weighted by Gasteiger charge is 2.62. The fourth-order valence-corrected chi connectivity index (χ4v) is 4.87. The molecule has 0 spiro atoms. The lowest BCUT2D eigenvalue weighted by Crippen LogP contribution is -2.41. The van der Waals surface area contributed by atoms with Crippen LogP contribution in [-0.4, -0.2) is 44.3 Å². The van der Waals surface area contributed by atoms with E-state index in [4.69, 9.17) is 8.92 Å². The van der Waals surface area contributed by atoms with Gasteiger partial charge in [0.15, 0.2) is 0 Å². The maximum atomic E-state index is 11.9. The quantitative estimate of drug-likeness (QED) is 0.330. The minimum atomic E-state index is -3.70. The number of hydrogen-bond donors (Lipinski definition) is 1. The first-order valence-electron chi connectivity index (χ1n) is 6.55. The highest BCUT2D eigenvalue weighted by atomic mass is 32.2. The number of carbonyl (C=O) groups is 2. The normalized spacial score (nSPS) is 34.4. The van der Waals surface area contributed by atoms with Gasteiger partial charge in [0, 0.05) is 17.9 Å². The number of ether oxygens (including phenoxy) is 1. The monoisotopic (exact) mass is 313 g/mol. The van der Waals surface area contributed by atoms with Crippen molar-refractivity contribution in [3.8, 4) is 0 Å². The Labute approximate surface area is 122 Å². The highest BCUT2D eigenvalue weighted by molar-refractivity contribution is 7.87. The van der Waals surface area contributed by atoms with Crippen LogP contribution < -0.4 is 5.32 Å². The standard InChI is InChI=1S/C13H15NO6S/c1-6(2)13(16)14-5-10(15)19-11-7-3-8-9(4-7)20-21(17,18)12(8)11/h3,8-9,11-12H,1,4-5H2,2H3,(H,14,16). The highest BCUT2D eigenvalue weighted by Crippen LogP contribution is 2.51. The van der Waals surface area contributed by atoms with Gasteiger partial charge in [-0.05, 0) is 12.5 Å². The van der Waals surface area contributed by atoms with E-state index in [0.29, 0.717) is 6.42 Å². The zero-order chi connectivity index (χ0) is 15.4. The van der Waals surface area contributed by atoms with Gasteiger partial charge in [-0.3, -0.25) is 13.8 Å². The predicted octanol–water partition coefficient (Wildman–Crippen LogP) is -0.352. The molecule has 1 fully saturated rings. The van der Waals surface area contributed by atoms with Crippen LogP contribution in [0.2, 0.25) is 0 Å². The molecule has 21 heavy (non-hydrogen) atoms. The molecule has 0 aromatic carbocycles. The van der Waals surface area contributed by atoms with Gasteiger partial charge in [0.05, 0.1) is 6.10 Å². The maximum Gasteiger partial charge on any atom is 0.326 e. The lowest BCUT2D eigenvalue weighted by molar-refractivity contribution is -0.147. The summed E-state index contributed by atoms with van der Waals surface area (Å²) in [6, 6.07) is 0. The lowest BCUT2D eigenvalue weighted by Gasteiger charge is -2.24. The van der Waals surface area contributed by atoms with Crippen molar-refractivity contribution in [1.29, 1.82) is 0 Å². The van der Waals surface area contributed by atoms with Gasteiger partial charge >= 0.3 is 5.97 Å². The summed E-state index contributed by atoms with van der Waals surface area (Å²) in [5.74, 6) is -1.36. The number of carbonyl (C=O) groups excluding carboxylic acids is 2. The summed E-state index contributed by atoms with van der Waals surface area (Å²) in [4.78, 5) is 23.1. The molecule has 0 aromatic rings. The van der Waals surface area contributed by atoms with Crippen LogP contribution in [-0.2, 0) is 28.6 Å². The first-order chi connectivity index (χ1) is 9.79. The molecule has 3 rings (SSSR count). The number of hydrogen-bond acceptors (Lipinski definition) is 6. The third-order valence-electron chi connectivity index (χ3n) is 3.95. The molecule has 4 unspecified atom stereocenters. The van der Waals surface area contributed by atoms with E-state index in [1.807, 2.05) is 6.08 Å². The van der Waals surface area contributed by atoms with Gasteiger partial charge in [0.2, 0.25) is 5.91 Å². The molecule has 1 amide bonds. The van der Waals surface area contributed by atoms with Gasteiger partial charge in [-0.1, -0.05) is 12.7 Å². The number of nitrogens with one attached hydrogen (secondary N) is 1. The molecule has 2 aliphatic carbocycles. The summed E-state index contributed by atoms with van der Waals surface area (Å²) in [7, 11) is -3.70. The van der Waals surface area contributed by atoms with E-state index < -0.39 is 33.3 Å². The Morgan fingerprint density at radius 3 is 2.90 bits per heavy atom. The Kier molecular flexibility index (Phi) is 3.18. The van der Waals surface area contributed by atoms with Crippen LogP contribution in [0.15, 0.2) is 23.8 Å². The average Bonchev–Trinajstić information content (AvgIpc) is 2.96. The van der Waals surface area contributed by atoms with E-state index in [0.717, 1.165) is 5.57 Å². The molecule has 1 aliphatic heterocycles. The first-order valence-corrected chi connectivity index (χ1v) is 8.02. The van der Waals surface area contributed by atoms with Crippen LogP contribution in [0, 0.1) is 5.92 Å². The Morgan fingerprint density at radius 2 is 2.24 bits per heavy atom.